The summed E-state index contributed by atoms with van der Waals surface area (Å²) in [4.78, 5) is 1.26. The minimum atomic E-state index is 0.918. The van der Waals surface area contributed by atoms with Gasteiger partial charge in [-0.3, -0.25) is 0 Å². The number of benzene rings is 8. The third-order valence-electron chi connectivity index (χ3n) is 9.46. The van der Waals surface area contributed by atoms with Gasteiger partial charge in [-0.15, -0.1) is 11.3 Å². The Balaban J connectivity index is 1.27. The van der Waals surface area contributed by atoms with Crippen LogP contribution in [-0.4, -0.2) is 0 Å². The summed E-state index contributed by atoms with van der Waals surface area (Å²) >= 11 is 1.81. The maximum absolute atomic E-state index is 6.71. The third-order valence-corrected chi connectivity index (χ3v) is 10.7. The number of furan rings is 1. The van der Waals surface area contributed by atoms with E-state index in [4.69, 9.17) is 4.42 Å². The maximum Gasteiger partial charge on any atom is 0.153 e. The van der Waals surface area contributed by atoms with E-state index in [1.165, 1.54) is 80.5 Å². The zero-order valence-electron chi connectivity index (χ0n) is 24.8. The van der Waals surface area contributed by atoms with Crippen LogP contribution in [0.25, 0.3) is 97.0 Å². The van der Waals surface area contributed by atoms with Gasteiger partial charge in [-0.05, 0) is 89.8 Å². The van der Waals surface area contributed by atoms with Gasteiger partial charge in [0.15, 0.2) is 5.58 Å². The van der Waals surface area contributed by atoms with Gasteiger partial charge >= 0.3 is 0 Å². The van der Waals surface area contributed by atoms with Crippen LogP contribution in [0.4, 0.5) is 0 Å². The predicted molar refractivity (Wildman–Crippen MR) is 198 cm³/mol. The first-order chi connectivity index (χ1) is 22.8. The minimum Gasteiger partial charge on any atom is -0.455 e. The second kappa shape index (κ2) is 9.90. The molecule has 10 rings (SSSR count). The maximum atomic E-state index is 6.71. The number of fused-ring (bicyclic) bond motifs is 8. The first-order valence-corrected chi connectivity index (χ1v) is 16.5. The summed E-state index contributed by atoms with van der Waals surface area (Å²) in [7, 11) is 0. The SMILES string of the molecule is c1ccc(-c2cc3ccc4c(oc5cccc(-c6cccc7c(-c8cccc9ccccc89)c8ccccc8cc67)c54)c3s2)cc1. The molecule has 0 aliphatic heterocycles. The third kappa shape index (κ3) is 3.74. The van der Waals surface area contributed by atoms with Crippen molar-refractivity contribution in [3.05, 3.63) is 158 Å². The molecule has 0 atom stereocenters. The summed E-state index contributed by atoms with van der Waals surface area (Å²) in [6.45, 7) is 0. The molecule has 0 bridgehead atoms. The topological polar surface area (TPSA) is 13.1 Å². The second-order valence-electron chi connectivity index (χ2n) is 12.0. The normalized spacial score (nSPS) is 11.9. The highest BCUT2D eigenvalue weighted by Gasteiger charge is 2.20. The average Bonchev–Trinajstić information content (AvgIpc) is 3.73. The van der Waals surface area contributed by atoms with Crippen LogP contribution >= 0.6 is 11.3 Å². The lowest BCUT2D eigenvalue weighted by molar-refractivity contribution is 0.673. The van der Waals surface area contributed by atoms with E-state index in [0.717, 1.165) is 16.6 Å². The Morgan fingerprint density at radius 1 is 0.413 bits per heavy atom. The molecule has 2 heterocycles. The molecule has 46 heavy (non-hydrogen) atoms. The first-order valence-electron chi connectivity index (χ1n) is 15.7. The molecular formula is C44H26OS. The van der Waals surface area contributed by atoms with Gasteiger partial charge in [0.25, 0.3) is 0 Å². The Morgan fingerprint density at radius 2 is 1.11 bits per heavy atom. The van der Waals surface area contributed by atoms with Gasteiger partial charge < -0.3 is 4.42 Å². The lowest BCUT2D eigenvalue weighted by Gasteiger charge is -2.17. The molecule has 8 aromatic carbocycles. The van der Waals surface area contributed by atoms with Crippen LogP contribution in [0.3, 0.4) is 0 Å². The molecule has 1 nitrogen and oxygen atoms in total. The predicted octanol–water partition coefficient (Wildman–Crippen LogP) is 13.3. The Morgan fingerprint density at radius 3 is 2.02 bits per heavy atom. The van der Waals surface area contributed by atoms with Crippen molar-refractivity contribution in [1.82, 2.24) is 0 Å². The summed E-state index contributed by atoms with van der Waals surface area (Å²) in [5.41, 5.74) is 8.08. The van der Waals surface area contributed by atoms with Gasteiger partial charge in [0.2, 0.25) is 0 Å². The zero-order valence-corrected chi connectivity index (χ0v) is 25.6. The molecule has 0 saturated carbocycles. The van der Waals surface area contributed by atoms with Gasteiger partial charge in [-0.2, -0.15) is 0 Å². The number of hydrogen-bond acceptors (Lipinski definition) is 2. The molecule has 0 spiro atoms. The number of rotatable bonds is 3. The van der Waals surface area contributed by atoms with Crippen molar-refractivity contribution < 1.29 is 4.42 Å². The van der Waals surface area contributed by atoms with Crippen molar-refractivity contribution in [2.45, 2.75) is 0 Å². The molecule has 0 aliphatic carbocycles. The highest BCUT2D eigenvalue weighted by molar-refractivity contribution is 7.23. The fraction of sp³-hybridized carbons (Fsp3) is 0. The largest absolute Gasteiger partial charge is 0.455 e. The molecule has 214 valence electrons. The van der Waals surface area contributed by atoms with Gasteiger partial charge in [0.05, 0.1) is 4.70 Å². The van der Waals surface area contributed by atoms with Crippen molar-refractivity contribution >= 4 is 75.7 Å². The van der Waals surface area contributed by atoms with Crippen molar-refractivity contribution in [3.8, 4) is 32.7 Å². The van der Waals surface area contributed by atoms with Crippen molar-refractivity contribution in [3.63, 3.8) is 0 Å². The lowest BCUT2D eigenvalue weighted by Crippen LogP contribution is -1.90. The molecule has 0 saturated heterocycles. The minimum absolute atomic E-state index is 0.918. The summed E-state index contributed by atoms with van der Waals surface area (Å²) in [6, 6.07) is 57.2. The van der Waals surface area contributed by atoms with E-state index in [1.54, 1.807) is 0 Å². The molecular weight excluding hydrogens is 577 g/mol. The Kier molecular flexibility index (Phi) is 5.51. The Hall–Kier alpha value is -5.70. The van der Waals surface area contributed by atoms with E-state index < -0.39 is 0 Å². The van der Waals surface area contributed by atoms with Crippen LogP contribution < -0.4 is 0 Å². The number of hydrogen-bond donors (Lipinski definition) is 0. The van der Waals surface area contributed by atoms with Gasteiger partial charge in [-0.25, -0.2) is 0 Å². The molecule has 0 amide bonds. The van der Waals surface area contributed by atoms with Crippen LogP contribution in [0, 0.1) is 0 Å². The first kappa shape index (κ1) is 25.6. The van der Waals surface area contributed by atoms with E-state index in [1.807, 2.05) is 11.3 Å². The Labute approximate surface area is 269 Å². The van der Waals surface area contributed by atoms with Crippen molar-refractivity contribution in [2.75, 3.05) is 0 Å². The standard InChI is InChI=1S/C44H26OS/c1-2-12-28(13-3-1)40-26-30-23-24-37-42-35(21-10-22-39(42)45-43(37)44(30)46-40)33-18-9-20-36-38(33)25-29-14-5-7-17-32(29)41(36)34-19-8-15-27-11-4-6-16-31(27)34/h1-26H. The molecule has 0 aliphatic rings. The summed E-state index contributed by atoms with van der Waals surface area (Å²) in [5.74, 6) is 0. The van der Waals surface area contributed by atoms with Gasteiger partial charge in [0, 0.05) is 15.6 Å². The van der Waals surface area contributed by atoms with E-state index in [0.29, 0.717) is 0 Å². The fourth-order valence-electron chi connectivity index (χ4n) is 7.41. The van der Waals surface area contributed by atoms with E-state index in [-0.39, 0.29) is 0 Å². The van der Waals surface area contributed by atoms with Gasteiger partial charge in [0.1, 0.15) is 5.58 Å². The fourth-order valence-corrected chi connectivity index (χ4v) is 8.56. The van der Waals surface area contributed by atoms with E-state index in [9.17, 15) is 0 Å². The molecule has 0 N–H and O–H groups in total. The van der Waals surface area contributed by atoms with Crippen LogP contribution in [0.5, 0.6) is 0 Å². The molecule has 10 aromatic rings. The molecule has 2 aromatic heterocycles. The van der Waals surface area contributed by atoms with Crippen molar-refractivity contribution in [1.29, 1.82) is 0 Å². The van der Waals surface area contributed by atoms with Crippen molar-refractivity contribution in [2.24, 2.45) is 0 Å². The average molecular weight is 603 g/mol. The smallest absolute Gasteiger partial charge is 0.153 e. The van der Waals surface area contributed by atoms with E-state index >= 15 is 0 Å². The quantitative estimate of drug-likeness (QED) is 0.183. The molecule has 0 radical (unpaired) electrons. The highest BCUT2D eigenvalue weighted by Crippen LogP contribution is 2.47. The second-order valence-corrected chi connectivity index (χ2v) is 13.1. The monoisotopic (exact) mass is 602 g/mol. The van der Waals surface area contributed by atoms with Crippen LogP contribution in [-0.2, 0) is 0 Å². The summed E-state index contributed by atoms with van der Waals surface area (Å²) in [5, 5.41) is 11.1. The molecule has 0 fully saturated rings. The van der Waals surface area contributed by atoms with Crippen LogP contribution in [0.2, 0.25) is 0 Å². The summed E-state index contributed by atoms with van der Waals surface area (Å²) < 4.78 is 7.91. The molecule has 2 heteroatoms. The Bertz CT molecular complexity index is 2790. The van der Waals surface area contributed by atoms with E-state index in [2.05, 4.69) is 158 Å². The lowest BCUT2D eigenvalue weighted by atomic mass is 9.86. The number of thiophene rings is 1. The van der Waals surface area contributed by atoms with Gasteiger partial charge in [-0.1, -0.05) is 133 Å². The zero-order chi connectivity index (χ0) is 30.2. The van der Waals surface area contributed by atoms with Crippen LogP contribution in [0.15, 0.2) is 162 Å². The van der Waals surface area contributed by atoms with Crippen LogP contribution in [0.1, 0.15) is 0 Å². The summed E-state index contributed by atoms with van der Waals surface area (Å²) in [6.07, 6.45) is 0. The molecule has 0 unspecified atom stereocenters. The highest BCUT2D eigenvalue weighted by atomic mass is 32.1.